The average Bonchev–Trinajstić information content (AvgIpc) is 1.58. The molecule has 0 aliphatic heterocycles. The predicted octanol–water partition coefficient (Wildman–Crippen LogP) is 31.0. The van der Waals surface area contributed by atoms with Crippen LogP contribution in [0.25, 0.3) is 55.6 Å². The van der Waals surface area contributed by atoms with Crippen molar-refractivity contribution in [2.24, 2.45) is 0 Å². The molecule has 0 radical (unpaired) electrons. The van der Waals surface area contributed by atoms with Crippen LogP contribution in [0.15, 0.2) is 431 Å². The van der Waals surface area contributed by atoms with Crippen LogP contribution >= 0.6 is 0 Å². The van der Waals surface area contributed by atoms with E-state index in [1.165, 1.54) is 140 Å². The number of fused-ring (bicyclic) bond motifs is 9. The van der Waals surface area contributed by atoms with E-state index in [1.54, 1.807) is 0 Å². The first-order chi connectivity index (χ1) is 58.5. The van der Waals surface area contributed by atoms with Crippen LogP contribution in [0.3, 0.4) is 0 Å². The Morgan fingerprint density at radius 2 is 0.317 bits per heavy atom. The Morgan fingerprint density at radius 3 is 0.592 bits per heavy atom. The second-order valence-corrected chi connectivity index (χ2v) is 33.1. The number of hydrogen-bond acceptors (Lipinski definition) is 6. The highest BCUT2D eigenvalue weighted by Gasteiger charge is 2.40. The zero-order valence-electron chi connectivity index (χ0n) is 69.7. The fraction of sp³-hybridized carbons (Fsp3) is 0.105. The Bertz CT molecular complexity index is 6340. The van der Waals surface area contributed by atoms with E-state index in [1.807, 2.05) is 0 Å². The normalized spacial score (nSPS) is 12.9. The van der Waals surface area contributed by atoms with Gasteiger partial charge in [-0.3, -0.25) is 0 Å². The molecular formula is C114H98N6. The predicted molar refractivity (Wildman–Crippen MR) is 510 cm³/mol. The van der Waals surface area contributed by atoms with Crippen molar-refractivity contribution in [3.05, 3.63) is 464 Å². The third-order valence-electron chi connectivity index (χ3n) is 24.8. The summed E-state index contributed by atoms with van der Waals surface area (Å²) in [4.78, 5) is 13.9. The standard InChI is InChI=1S/2C40H34N2.C34H30N2/c1-40(2)38-27-34(41(3)33-21-13-16-30(26-33)29-14-7-4-8-15-29)22-24-36(38)37-25-23-35(28-39(37)40)42(31-17-9-5-10-18-31)32-19-11-6-12-20-32;1-40(2)38-27-34(41(3)31-21-19-30(20-22-31)29-13-7-4-8-14-29)23-25-36(38)37-26-24-35(28-39(37)40)42(32-15-9-5-10-16-32)33-17-11-6-12-18-33;1-34(2)32-23-28(35(3)25-13-7-4-8-14-25)19-21-30(32)31-22-20-29(24-33(31)34)36(26-15-9-5-10-16-26)27-17-11-6-12-18-27/h2*4-28H,1-3H3;4-24H,1-3H3. The molecule has 584 valence electrons. The summed E-state index contributed by atoms with van der Waals surface area (Å²) in [5.74, 6) is 0. The summed E-state index contributed by atoms with van der Waals surface area (Å²) in [7, 11) is 6.46. The summed E-state index contributed by atoms with van der Waals surface area (Å²) < 4.78 is 0. The number of nitrogens with zero attached hydrogens (tertiary/aromatic N) is 6. The maximum absolute atomic E-state index is 2.39. The Hall–Kier alpha value is -14.5. The smallest absolute Gasteiger partial charge is 0.0465 e. The van der Waals surface area contributed by atoms with E-state index in [9.17, 15) is 0 Å². The van der Waals surface area contributed by atoms with Crippen molar-refractivity contribution in [2.75, 3.05) is 50.5 Å². The molecule has 0 atom stereocenters. The monoisotopic (exact) mass is 1550 g/mol. The first kappa shape index (κ1) is 76.8. The van der Waals surface area contributed by atoms with Crippen LogP contribution < -0.4 is 29.4 Å². The van der Waals surface area contributed by atoms with Gasteiger partial charge in [0.2, 0.25) is 0 Å². The van der Waals surface area contributed by atoms with Gasteiger partial charge in [-0.25, -0.2) is 0 Å². The van der Waals surface area contributed by atoms with Crippen LogP contribution in [0.5, 0.6) is 0 Å². The van der Waals surface area contributed by atoms with E-state index >= 15 is 0 Å². The van der Waals surface area contributed by atoms with E-state index in [4.69, 9.17) is 0 Å². The minimum absolute atomic E-state index is 0.104. The van der Waals surface area contributed by atoms with Crippen molar-refractivity contribution >= 4 is 85.3 Å². The Morgan fingerprint density at radius 1 is 0.142 bits per heavy atom. The van der Waals surface area contributed by atoms with Gasteiger partial charge in [-0.15, -0.1) is 0 Å². The number of para-hydroxylation sites is 7. The summed E-state index contributed by atoms with van der Waals surface area (Å²) in [5.41, 5.74) is 38.2. The van der Waals surface area contributed by atoms with Crippen molar-refractivity contribution in [3.63, 3.8) is 0 Å². The lowest BCUT2D eigenvalue weighted by atomic mass is 9.82. The lowest BCUT2D eigenvalue weighted by molar-refractivity contribution is 0.660. The molecule has 0 N–H and O–H groups in total. The Labute approximate surface area is 708 Å². The molecular weight excluding hydrogens is 1450 g/mol. The minimum Gasteiger partial charge on any atom is -0.345 e. The van der Waals surface area contributed by atoms with Gasteiger partial charge >= 0.3 is 0 Å². The quantitative estimate of drug-likeness (QED) is 0.0899. The van der Waals surface area contributed by atoms with Crippen molar-refractivity contribution in [1.82, 2.24) is 0 Å². The summed E-state index contributed by atoms with van der Waals surface area (Å²) in [6.45, 7) is 14.1. The summed E-state index contributed by atoms with van der Waals surface area (Å²) in [5, 5.41) is 0. The van der Waals surface area contributed by atoms with Gasteiger partial charge in [0.15, 0.2) is 0 Å². The van der Waals surface area contributed by atoms with Crippen LogP contribution in [0.2, 0.25) is 0 Å². The number of benzene rings is 17. The van der Waals surface area contributed by atoms with Gasteiger partial charge in [0.25, 0.3) is 0 Å². The highest BCUT2D eigenvalue weighted by atomic mass is 15.2. The van der Waals surface area contributed by atoms with Gasteiger partial charge in [-0.2, -0.15) is 0 Å². The van der Waals surface area contributed by atoms with Crippen LogP contribution in [0.4, 0.5) is 85.3 Å². The second-order valence-electron chi connectivity index (χ2n) is 33.1. The molecule has 0 saturated heterocycles. The number of anilines is 15. The molecule has 20 rings (SSSR count). The van der Waals surface area contributed by atoms with Crippen LogP contribution in [0.1, 0.15) is 74.9 Å². The third-order valence-corrected chi connectivity index (χ3v) is 24.8. The van der Waals surface area contributed by atoms with E-state index in [-0.39, 0.29) is 16.2 Å². The van der Waals surface area contributed by atoms with Gasteiger partial charge < -0.3 is 29.4 Å². The van der Waals surface area contributed by atoms with E-state index in [0.717, 1.165) is 34.1 Å². The zero-order valence-corrected chi connectivity index (χ0v) is 69.7. The SMILES string of the molecule is CN(c1ccc(-c2ccccc2)cc1)c1ccc2c(c1)C(C)(C)c1cc(N(c3ccccc3)c3ccccc3)ccc1-2.CN(c1cccc(-c2ccccc2)c1)c1ccc2c(c1)C(C)(C)c1cc(N(c3ccccc3)c3ccccc3)ccc1-2.CN(c1ccccc1)c1ccc2c(c1)C(C)(C)c1cc(N(c3ccccc3)c3ccccc3)ccc1-2. The zero-order chi connectivity index (χ0) is 82.1. The van der Waals surface area contributed by atoms with Crippen molar-refractivity contribution in [3.8, 4) is 55.6 Å². The maximum Gasteiger partial charge on any atom is 0.0465 e. The summed E-state index contributed by atoms with van der Waals surface area (Å²) in [6.07, 6.45) is 0. The molecule has 120 heavy (non-hydrogen) atoms. The molecule has 17 aromatic rings. The van der Waals surface area contributed by atoms with Crippen LogP contribution in [0, 0.1) is 0 Å². The van der Waals surface area contributed by atoms with Gasteiger partial charge in [0.1, 0.15) is 0 Å². The molecule has 3 aliphatic carbocycles. The summed E-state index contributed by atoms with van der Waals surface area (Å²) in [6, 6.07) is 155. The molecule has 0 saturated carbocycles. The molecule has 0 fully saturated rings. The molecule has 6 heteroatoms. The first-order valence-corrected chi connectivity index (χ1v) is 41.7. The highest BCUT2D eigenvalue weighted by molar-refractivity contribution is 5.92. The molecule has 0 heterocycles. The van der Waals surface area contributed by atoms with Crippen molar-refractivity contribution in [1.29, 1.82) is 0 Å². The van der Waals surface area contributed by atoms with E-state index in [0.29, 0.717) is 0 Å². The molecule has 3 aliphatic rings. The third kappa shape index (κ3) is 14.8. The van der Waals surface area contributed by atoms with Crippen LogP contribution in [-0.4, -0.2) is 21.1 Å². The molecule has 0 unspecified atom stereocenters. The summed E-state index contributed by atoms with van der Waals surface area (Å²) >= 11 is 0. The minimum atomic E-state index is -0.136. The number of hydrogen-bond donors (Lipinski definition) is 0. The Kier molecular flexibility index (Phi) is 20.8. The maximum atomic E-state index is 2.39. The fourth-order valence-electron chi connectivity index (χ4n) is 18.1. The topological polar surface area (TPSA) is 19.4 Å². The van der Waals surface area contributed by atoms with E-state index < -0.39 is 0 Å². The van der Waals surface area contributed by atoms with Crippen molar-refractivity contribution < 1.29 is 0 Å². The van der Waals surface area contributed by atoms with E-state index in [2.05, 4.69) is 523 Å². The Balaban J connectivity index is 0.000000124. The first-order valence-electron chi connectivity index (χ1n) is 41.7. The molecule has 6 nitrogen and oxygen atoms in total. The van der Waals surface area contributed by atoms with Gasteiger partial charge in [-0.1, -0.05) is 290 Å². The molecule has 0 spiro atoms. The fourth-order valence-corrected chi connectivity index (χ4v) is 18.1. The average molecular weight is 1550 g/mol. The molecule has 0 bridgehead atoms. The van der Waals surface area contributed by atoms with Crippen molar-refractivity contribution in [2.45, 2.75) is 57.8 Å². The molecule has 0 amide bonds. The lowest BCUT2D eigenvalue weighted by Gasteiger charge is -2.28. The number of rotatable bonds is 17. The van der Waals surface area contributed by atoms with Gasteiger partial charge in [0, 0.05) is 123 Å². The lowest BCUT2D eigenvalue weighted by Crippen LogP contribution is -2.17. The molecule has 0 aromatic heterocycles. The second kappa shape index (κ2) is 32.6. The molecule has 17 aromatic carbocycles. The van der Waals surface area contributed by atoms with Crippen LogP contribution in [-0.2, 0) is 16.2 Å². The largest absolute Gasteiger partial charge is 0.345 e. The van der Waals surface area contributed by atoms with Gasteiger partial charge in [0.05, 0.1) is 0 Å². The van der Waals surface area contributed by atoms with Gasteiger partial charge in [-0.05, 0) is 271 Å². The highest BCUT2D eigenvalue weighted by Crippen LogP contribution is 2.56.